The molecular formula is C14H12O2S. The summed E-state index contributed by atoms with van der Waals surface area (Å²) in [7, 11) is 0. The lowest BCUT2D eigenvalue weighted by atomic mass is 10.2. The standard InChI is InChI=1S/C14H12O2S/c1-10-5-6-12(17-10)9-16-13-4-2-3-11-7-8-15-14(11)13/h2-8H,9H2,1H3. The molecule has 0 aliphatic carbocycles. The summed E-state index contributed by atoms with van der Waals surface area (Å²) in [5.74, 6) is 0.804. The van der Waals surface area contributed by atoms with Crippen molar-refractivity contribution < 1.29 is 9.15 Å². The molecule has 0 bridgehead atoms. The van der Waals surface area contributed by atoms with Gasteiger partial charge in [0.25, 0.3) is 0 Å². The molecule has 0 atom stereocenters. The molecule has 2 nitrogen and oxygen atoms in total. The number of benzene rings is 1. The zero-order valence-corrected chi connectivity index (χ0v) is 10.3. The van der Waals surface area contributed by atoms with Gasteiger partial charge in [0.2, 0.25) is 0 Å². The maximum Gasteiger partial charge on any atom is 0.175 e. The van der Waals surface area contributed by atoms with E-state index < -0.39 is 0 Å². The van der Waals surface area contributed by atoms with Gasteiger partial charge < -0.3 is 9.15 Å². The van der Waals surface area contributed by atoms with Crippen molar-refractivity contribution in [1.82, 2.24) is 0 Å². The molecule has 0 unspecified atom stereocenters. The van der Waals surface area contributed by atoms with Crippen molar-refractivity contribution in [2.75, 3.05) is 0 Å². The first kappa shape index (κ1) is 10.4. The van der Waals surface area contributed by atoms with Gasteiger partial charge in [0.15, 0.2) is 11.3 Å². The van der Waals surface area contributed by atoms with E-state index in [1.165, 1.54) is 9.75 Å². The smallest absolute Gasteiger partial charge is 0.175 e. The quantitative estimate of drug-likeness (QED) is 0.682. The summed E-state index contributed by atoms with van der Waals surface area (Å²) in [6, 6.07) is 12.1. The van der Waals surface area contributed by atoms with Crippen molar-refractivity contribution in [1.29, 1.82) is 0 Å². The summed E-state index contributed by atoms with van der Waals surface area (Å²) in [6.45, 7) is 2.69. The molecule has 0 N–H and O–H groups in total. The van der Waals surface area contributed by atoms with Crippen LogP contribution in [0.2, 0.25) is 0 Å². The van der Waals surface area contributed by atoms with Gasteiger partial charge in [0.05, 0.1) is 6.26 Å². The van der Waals surface area contributed by atoms with Gasteiger partial charge in [-0.25, -0.2) is 0 Å². The molecule has 0 aliphatic heterocycles. The second-order valence-corrected chi connectivity index (χ2v) is 5.27. The maximum atomic E-state index is 5.79. The topological polar surface area (TPSA) is 22.4 Å². The number of furan rings is 1. The summed E-state index contributed by atoms with van der Waals surface area (Å²) in [5, 5.41) is 1.07. The van der Waals surface area contributed by atoms with Crippen molar-refractivity contribution in [3.63, 3.8) is 0 Å². The van der Waals surface area contributed by atoms with Gasteiger partial charge in [0, 0.05) is 15.1 Å². The van der Waals surface area contributed by atoms with Crippen LogP contribution in [-0.4, -0.2) is 0 Å². The van der Waals surface area contributed by atoms with Crippen molar-refractivity contribution in [3.05, 3.63) is 52.4 Å². The second-order valence-electron chi connectivity index (χ2n) is 3.90. The molecule has 0 saturated heterocycles. The van der Waals surface area contributed by atoms with Crippen LogP contribution < -0.4 is 4.74 Å². The lowest BCUT2D eigenvalue weighted by Crippen LogP contribution is -1.92. The third kappa shape index (κ3) is 2.06. The van der Waals surface area contributed by atoms with E-state index in [4.69, 9.17) is 9.15 Å². The van der Waals surface area contributed by atoms with Crippen LogP contribution in [0, 0.1) is 6.92 Å². The highest BCUT2D eigenvalue weighted by atomic mass is 32.1. The minimum atomic E-state index is 0.596. The van der Waals surface area contributed by atoms with Crippen LogP contribution in [0.15, 0.2) is 47.1 Å². The summed E-state index contributed by atoms with van der Waals surface area (Å²) in [4.78, 5) is 2.53. The predicted molar refractivity (Wildman–Crippen MR) is 69.6 cm³/mol. The molecule has 17 heavy (non-hydrogen) atoms. The number of para-hydroxylation sites is 1. The summed E-state index contributed by atoms with van der Waals surface area (Å²) >= 11 is 1.76. The monoisotopic (exact) mass is 244 g/mol. The number of rotatable bonds is 3. The Morgan fingerprint density at radius 1 is 1.18 bits per heavy atom. The zero-order chi connectivity index (χ0) is 11.7. The zero-order valence-electron chi connectivity index (χ0n) is 9.47. The predicted octanol–water partition coefficient (Wildman–Crippen LogP) is 4.38. The second kappa shape index (κ2) is 4.26. The molecule has 2 heterocycles. The Kier molecular flexibility index (Phi) is 2.61. The summed E-state index contributed by atoms with van der Waals surface area (Å²) in [6.07, 6.45) is 1.69. The van der Waals surface area contributed by atoms with E-state index in [1.54, 1.807) is 17.6 Å². The number of hydrogen-bond acceptors (Lipinski definition) is 3. The third-order valence-corrected chi connectivity index (χ3v) is 3.58. The first-order chi connectivity index (χ1) is 8.33. The van der Waals surface area contributed by atoms with Crippen molar-refractivity contribution in [2.24, 2.45) is 0 Å². The van der Waals surface area contributed by atoms with Crippen LogP contribution in [0.25, 0.3) is 11.0 Å². The fraction of sp³-hybridized carbons (Fsp3) is 0.143. The SMILES string of the molecule is Cc1ccc(COc2cccc3ccoc23)s1. The molecule has 3 heteroatoms. The van der Waals surface area contributed by atoms with E-state index >= 15 is 0 Å². The average Bonchev–Trinajstić information content (AvgIpc) is 2.94. The fourth-order valence-corrected chi connectivity index (χ4v) is 2.59. The van der Waals surface area contributed by atoms with Crippen molar-refractivity contribution in [3.8, 4) is 5.75 Å². The fourth-order valence-electron chi connectivity index (χ4n) is 1.79. The van der Waals surface area contributed by atoms with Crippen LogP contribution in [0.3, 0.4) is 0 Å². The van der Waals surface area contributed by atoms with Gasteiger partial charge in [-0.05, 0) is 31.2 Å². The van der Waals surface area contributed by atoms with E-state index in [0.717, 1.165) is 16.7 Å². The Hall–Kier alpha value is -1.74. The van der Waals surface area contributed by atoms with Crippen LogP contribution in [0.1, 0.15) is 9.75 Å². The highest BCUT2D eigenvalue weighted by Crippen LogP contribution is 2.27. The molecule has 0 radical (unpaired) electrons. The number of ether oxygens (including phenoxy) is 1. The first-order valence-corrected chi connectivity index (χ1v) is 6.29. The number of aryl methyl sites for hydroxylation is 1. The normalized spacial score (nSPS) is 10.9. The Bertz CT molecular complexity index is 636. The van der Waals surface area contributed by atoms with Gasteiger partial charge in [-0.1, -0.05) is 12.1 Å². The van der Waals surface area contributed by atoms with Crippen LogP contribution in [-0.2, 0) is 6.61 Å². The van der Waals surface area contributed by atoms with Gasteiger partial charge in [-0.15, -0.1) is 11.3 Å². The van der Waals surface area contributed by atoms with Crippen LogP contribution in [0.5, 0.6) is 5.75 Å². The maximum absolute atomic E-state index is 5.79. The van der Waals surface area contributed by atoms with Gasteiger partial charge in [-0.3, -0.25) is 0 Å². The molecule has 3 aromatic rings. The van der Waals surface area contributed by atoms with Crippen LogP contribution in [0.4, 0.5) is 0 Å². The molecular weight excluding hydrogens is 232 g/mol. The van der Waals surface area contributed by atoms with Crippen LogP contribution >= 0.6 is 11.3 Å². The molecule has 0 amide bonds. The molecule has 1 aromatic carbocycles. The van der Waals surface area contributed by atoms with E-state index in [9.17, 15) is 0 Å². The van der Waals surface area contributed by atoms with E-state index in [2.05, 4.69) is 19.1 Å². The average molecular weight is 244 g/mol. The minimum Gasteiger partial charge on any atom is -0.484 e. The highest BCUT2D eigenvalue weighted by molar-refractivity contribution is 7.11. The Morgan fingerprint density at radius 2 is 2.12 bits per heavy atom. The molecule has 0 saturated carbocycles. The summed E-state index contributed by atoms with van der Waals surface area (Å²) < 4.78 is 11.2. The lowest BCUT2D eigenvalue weighted by molar-refractivity contribution is 0.309. The molecule has 86 valence electrons. The highest BCUT2D eigenvalue weighted by Gasteiger charge is 2.05. The Labute approximate surface area is 103 Å². The van der Waals surface area contributed by atoms with Crippen molar-refractivity contribution >= 4 is 22.3 Å². The first-order valence-electron chi connectivity index (χ1n) is 5.47. The van der Waals surface area contributed by atoms with Gasteiger partial charge in [-0.2, -0.15) is 0 Å². The van der Waals surface area contributed by atoms with Gasteiger partial charge in [0.1, 0.15) is 6.61 Å². The molecule has 2 aromatic heterocycles. The van der Waals surface area contributed by atoms with E-state index in [0.29, 0.717) is 6.61 Å². The van der Waals surface area contributed by atoms with Gasteiger partial charge >= 0.3 is 0 Å². The molecule has 0 aliphatic rings. The lowest BCUT2D eigenvalue weighted by Gasteiger charge is -2.04. The number of fused-ring (bicyclic) bond motifs is 1. The Morgan fingerprint density at radius 3 is 2.94 bits per heavy atom. The number of thiophene rings is 1. The Balaban J connectivity index is 1.83. The van der Waals surface area contributed by atoms with E-state index in [1.807, 2.05) is 24.3 Å². The van der Waals surface area contributed by atoms with E-state index in [-0.39, 0.29) is 0 Å². The minimum absolute atomic E-state index is 0.596. The third-order valence-electron chi connectivity index (χ3n) is 2.61. The summed E-state index contributed by atoms with van der Waals surface area (Å²) in [5.41, 5.74) is 0.820. The largest absolute Gasteiger partial charge is 0.484 e. The molecule has 0 fully saturated rings. The molecule has 3 rings (SSSR count). The molecule has 0 spiro atoms. The number of hydrogen-bond donors (Lipinski definition) is 0. The van der Waals surface area contributed by atoms with Crippen molar-refractivity contribution in [2.45, 2.75) is 13.5 Å².